The van der Waals surface area contributed by atoms with Crippen LogP contribution in [-0.2, 0) is 6.42 Å². The number of furan rings is 1. The van der Waals surface area contributed by atoms with Gasteiger partial charge in [-0.2, -0.15) is 0 Å². The number of para-hydroxylation sites is 1. The van der Waals surface area contributed by atoms with Crippen LogP contribution in [0, 0.1) is 6.92 Å². The van der Waals surface area contributed by atoms with Gasteiger partial charge in [-0.1, -0.05) is 42.5 Å². The topological polar surface area (TPSA) is 55.1 Å². The standard InChI is InChI=1S/C23H22N2O2/c1-15(12-13-17-8-4-3-5-9-17)24-23(26)21-14-19-16(2)25-20-11-7-6-10-18(20)22(19)27-21/h3-11,14-15H,12-13H2,1-2H3,(H,24,26)/t15-/m0/s1. The predicted octanol–water partition coefficient (Wildman–Crippen LogP) is 5.04. The van der Waals surface area contributed by atoms with Gasteiger partial charge < -0.3 is 9.73 Å². The van der Waals surface area contributed by atoms with E-state index in [0.717, 1.165) is 40.4 Å². The Labute approximate surface area is 158 Å². The second-order valence-corrected chi connectivity index (χ2v) is 6.97. The molecule has 0 saturated carbocycles. The van der Waals surface area contributed by atoms with Crippen LogP contribution in [0.4, 0.5) is 0 Å². The monoisotopic (exact) mass is 358 g/mol. The lowest BCUT2D eigenvalue weighted by Gasteiger charge is -2.12. The summed E-state index contributed by atoms with van der Waals surface area (Å²) in [5.74, 6) is 0.146. The highest BCUT2D eigenvalue weighted by molar-refractivity contribution is 6.06. The fraction of sp³-hybridized carbons (Fsp3) is 0.217. The molecule has 0 bridgehead atoms. The predicted molar refractivity (Wildman–Crippen MR) is 108 cm³/mol. The molecule has 0 radical (unpaired) electrons. The van der Waals surface area contributed by atoms with Gasteiger partial charge in [-0.25, -0.2) is 0 Å². The Balaban J connectivity index is 1.52. The summed E-state index contributed by atoms with van der Waals surface area (Å²) in [6.45, 7) is 3.96. The molecular weight excluding hydrogens is 336 g/mol. The molecule has 2 heterocycles. The van der Waals surface area contributed by atoms with E-state index in [1.165, 1.54) is 5.56 Å². The molecule has 0 aliphatic rings. The normalized spacial score (nSPS) is 12.4. The van der Waals surface area contributed by atoms with E-state index in [4.69, 9.17) is 4.42 Å². The lowest BCUT2D eigenvalue weighted by molar-refractivity contribution is 0.0912. The first kappa shape index (κ1) is 17.3. The summed E-state index contributed by atoms with van der Waals surface area (Å²) in [5, 5.41) is 4.85. The molecular formula is C23H22N2O2. The van der Waals surface area contributed by atoms with Gasteiger partial charge in [-0.3, -0.25) is 9.78 Å². The Morgan fingerprint density at radius 1 is 1.07 bits per heavy atom. The smallest absolute Gasteiger partial charge is 0.287 e. The molecule has 1 atom stereocenters. The van der Waals surface area contributed by atoms with E-state index in [9.17, 15) is 4.79 Å². The number of hydrogen-bond donors (Lipinski definition) is 1. The third-order valence-electron chi connectivity index (χ3n) is 4.87. The van der Waals surface area contributed by atoms with Crippen molar-refractivity contribution in [2.45, 2.75) is 32.7 Å². The molecule has 4 nitrogen and oxygen atoms in total. The highest BCUT2D eigenvalue weighted by Crippen LogP contribution is 2.29. The largest absolute Gasteiger partial charge is 0.450 e. The van der Waals surface area contributed by atoms with Gasteiger partial charge in [0.25, 0.3) is 5.91 Å². The summed E-state index contributed by atoms with van der Waals surface area (Å²) in [7, 11) is 0. The van der Waals surface area contributed by atoms with Crippen LogP contribution in [-0.4, -0.2) is 16.9 Å². The molecule has 1 amide bonds. The molecule has 27 heavy (non-hydrogen) atoms. The zero-order valence-corrected chi connectivity index (χ0v) is 15.5. The average Bonchev–Trinajstić information content (AvgIpc) is 3.14. The van der Waals surface area contributed by atoms with Crippen molar-refractivity contribution in [3.05, 3.63) is 77.7 Å². The van der Waals surface area contributed by atoms with Crippen LogP contribution in [0.3, 0.4) is 0 Å². The molecule has 0 fully saturated rings. The SMILES string of the molecule is Cc1nc2ccccc2c2oc(C(=O)N[C@@H](C)CCc3ccccc3)cc12. The van der Waals surface area contributed by atoms with Crippen molar-refractivity contribution in [2.75, 3.05) is 0 Å². The Morgan fingerprint density at radius 2 is 1.81 bits per heavy atom. The lowest BCUT2D eigenvalue weighted by atomic mass is 10.1. The minimum absolute atomic E-state index is 0.0573. The number of rotatable bonds is 5. The maximum absolute atomic E-state index is 12.7. The third-order valence-corrected chi connectivity index (χ3v) is 4.87. The molecule has 2 aromatic heterocycles. The van der Waals surface area contributed by atoms with Crippen LogP contribution in [0.2, 0.25) is 0 Å². The first-order chi connectivity index (χ1) is 13.1. The van der Waals surface area contributed by atoms with Crippen molar-refractivity contribution in [3.63, 3.8) is 0 Å². The summed E-state index contributed by atoms with van der Waals surface area (Å²) in [6, 6.07) is 20.0. The minimum atomic E-state index is -0.185. The molecule has 136 valence electrons. The lowest BCUT2D eigenvalue weighted by Crippen LogP contribution is -2.32. The Hall–Kier alpha value is -3.14. The molecule has 0 spiro atoms. The Bertz CT molecular complexity index is 1100. The number of amides is 1. The Kier molecular flexibility index (Phi) is 4.63. The second-order valence-electron chi connectivity index (χ2n) is 6.97. The maximum atomic E-state index is 12.7. The number of carbonyl (C=O) groups excluding carboxylic acids is 1. The first-order valence-electron chi connectivity index (χ1n) is 9.25. The van der Waals surface area contributed by atoms with Gasteiger partial charge in [0.1, 0.15) is 5.58 Å². The van der Waals surface area contributed by atoms with Gasteiger partial charge in [-0.15, -0.1) is 0 Å². The van der Waals surface area contributed by atoms with Crippen molar-refractivity contribution in [2.24, 2.45) is 0 Å². The van der Waals surface area contributed by atoms with E-state index in [-0.39, 0.29) is 11.9 Å². The summed E-state index contributed by atoms with van der Waals surface area (Å²) in [4.78, 5) is 17.3. The number of hydrogen-bond acceptors (Lipinski definition) is 3. The molecule has 0 unspecified atom stereocenters. The quantitative estimate of drug-likeness (QED) is 0.544. The van der Waals surface area contributed by atoms with Gasteiger partial charge in [-0.05, 0) is 50.5 Å². The van der Waals surface area contributed by atoms with E-state index in [0.29, 0.717) is 5.76 Å². The molecule has 4 rings (SSSR count). The average molecular weight is 358 g/mol. The van der Waals surface area contributed by atoms with Crippen LogP contribution in [0.5, 0.6) is 0 Å². The van der Waals surface area contributed by atoms with E-state index in [1.807, 2.05) is 56.3 Å². The van der Waals surface area contributed by atoms with E-state index >= 15 is 0 Å². The van der Waals surface area contributed by atoms with Crippen LogP contribution in [0.25, 0.3) is 21.9 Å². The highest BCUT2D eigenvalue weighted by Gasteiger charge is 2.18. The molecule has 4 heteroatoms. The Morgan fingerprint density at radius 3 is 2.63 bits per heavy atom. The number of fused-ring (bicyclic) bond motifs is 3. The van der Waals surface area contributed by atoms with Gasteiger partial charge in [0.15, 0.2) is 5.76 Å². The number of aromatic nitrogens is 1. The maximum Gasteiger partial charge on any atom is 0.287 e. The number of nitrogens with one attached hydrogen (secondary N) is 1. The fourth-order valence-electron chi connectivity index (χ4n) is 3.37. The second kappa shape index (κ2) is 7.23. The van der Waals surface area contributed by atoms with Crippen molar-refractivity contribution >= 4 is 27.8 Å². The van der Waals surface area contributed by atoms with E-state index in [1.54, 1.807) is 6.07 Å². The van der Waals surface area contributed by atoms with Crippen molar-refractivity contribution in [1.82, 2.24) is 10.3 Å². The van der Waals surface area contributed by atoms with Gasteiger partial charge in [0, 0.05) is 22.5 Å². The molecule has 1 N–H and O–H groups in total. The van der Waals surface area contributed by atoms with Gasteiger partial charge in [0.05, 0.1) is 5.52 Å². The number of nitrogens with zero attached hydrogens (tertiary/aromatic N) is 1. The van der Waals surface area contributed by atoms with E-state index in [2.05, 4.69) is 22.4 Å². The first-order valence-corrected chi connectivity index (χ1v) is 9.25. The number of pyridine rings is 1. The highest BCUT2D eigenvalue weighted by atomic mass is 16.3. The van der Waals surface area contributed by atoms with E-state index < -0.39 is 0 Å². The molecule has 0 aliphatic carbocycles. The van der Waals surface area contributed by atoms with Crippen LogP contribution in [0.1, 0.15) is 35.2 Å². The molecule has 0 aliphatic heterocycles. The number of carbonyl (C=O) groups is 1. The summed E-state index contributed by atoms with van der Waals surface area (Å²) in [6.07, 6.45) is 1.80. The van der Waals surface area contributed by atoms with Crippen molar-refractivity contribution < 1.29 is 9.21 Å². The summed E-state index contributed by atoms with van der Waals surface area (Å²) < 4.78 is 5.94. The number of aryl methyl sites for hydroxylation is 2. The summed E-state index contributed by atoms with van der Waals surface area (Å²) >= 11 is 0. The third kappa shape index (κ3) is 3.56. The zero-order chi connectivity index (χ0) is 18.8. The molecule has 0 saturated heterocycles. The zero-order valence-electron chi connectivity index (χ0n) is 15.5. The van der Waals surface area contributed by atoms with Crippen molar-refractivity contribution in [3.8, 4) is 0 Å². The van der Waals surface area contributed by atoms with Crippen LogP contribution >= 0.6 is 0 Å². The van der Waals surface area contributed by atoms with Crippen LogP contribution in [0.15, 0.2) is 65.1 Å². The van der Waals surface area contributed by atoms with Gasteiger partial charge in [0.2, 0.25) is 0 Å². The van der Waals surface area contributed by atoms with Crippen LogP contribution < -0.4 is 5.32 Å². The van der Waals surface area contributed by atoms with Gasteiger partial charge >= 0.3 is 0 Å². The fourth-order valence-corrected chi connectivity index (χ4v) is 3.37. The molecule has 2 aromatic carbocycles. The summed E-state index contributed by atoms with van der Waals surface area (Å²) in [5.41, 5.74) is 3.74. The minimum Gasteiger partial charge on any atom is -0.450 e. The molecule has 4 aromatic rings. The van der Waals surface area contributed by atoms with Crippen molar-refractivity contribution in [1.29, 1.82) is 0 Å². The number of benzene rings is 2.